The van der Waals surface area contributed by atoms with E-state index in [4.69, 9.17) is 4.74 Å². The van der Waals surface area contributed by atoms with Gasteiger partial charge in [-0.05, 0) is 68.2 Å². The highest BCUT2D eigenvalue weighted by Gasteiger charge is 2.42. The van der Waals surface area contributed by atoms with Gasteiger partial charge in [0.2, 0.25) is 5.91 Å². The lowest BCUT2D eigenvalue weighted by molar-refractivity contribution is -0.135. The smallest absolute Gasteiger partial charge is 0.254 e. The van der Waals surface area contributed by atoms with E-state index in [0.717, 1.165) is 56.1 Å². The van der Waals surface area contributed by atoms with Crippen LogP contribution < -0.4 is 10.1 Å². The van der Waals surface area contributed by atoms with Gasteiger partial charge in [0, 0.05) is 24.7 Å². The second kappa shape index (κ2) is 11.4. The van der Waals surface area contributed by atoms with Crippen molar-refractivity contribution in [1.29, 1.82) is 0 Å². The number of hydrogen-bond donors (Lipinski definition) is 1. The number of para-hydroxylation sites is 1. The number of nitrogens with zero attached hydrogens (tertiary/aromatic N) is 1. The monoisotopic (exact) mass is 498 g/mol. The highest BCUT2D eigenvalue weighted by molar-refractivity contribution is 5.94. The van der Waals surface area contributed by atoms with Crippen LogP contribution in [0.4, 0.5) is 8.78 Å². The Morgan fingerprint density at radius 2 is 1.78 bits per heavy atom. The van der Waals surface area contributed by atoms with Crippen molar-refractivity contribution in [2.45, 2.75) is 64.8 Å². The lowest BCUT2D eigenvalue weighted by Gasteiger charge is -2.42. The van der Waals surface area contributed by atoms with Gasteiger partial charge in [0.1, 0.15) is 24.0 Å². The third-order valence-electron chi connectivity index (χ3n) is 7.45. The number of rotatable bonds is 3. The zero-order valence-corrected chi connectivity index (χ0v) is 21.2. The molecule has 1 spiro atoms. The molecule has 5 nitrogen and oxygen atoms in total. The summed E-state index contributed by atoms with van der Waals surface area (Å²) < 4.78 is 33.5. The number of amides is 2. The van der Waals surface area contributed by atoms with E-state index in [1.807, 2.05) is 18.2 Å². The van der Waals surface area contributed by atoms with Crippen LogP contribution in [0.15, 0.2) is 42.5 Å². The number of piperidine rings is 1. The summed E-state index contributed by atoms with van der Waals surface area (Å²) in [6.07, 6.45) is 5.31. The molecule has 0 bridgehead atoms. The summed E-state index contributed by atoms with van der Waals surface area (Å²) in [4.78, 5) is 28.2. The van der Waals surface area contributed by atoms with Crippen LogP contribution in [0.3, 0.4) is 0 Å². The minimum absolute atomic E-state index is 0.000551. The number of hydrogen-bond acceptors (Lipinski definition) is 3. The van der Waals surface area contributed by atoms with Gasteiger partial charge < -0.3 is 15.0 Å². The number of carbonyl (C=O) groups is 2. The molecule has 2 heterocycles. The van der Waals surface area contributed by atoms with Gasteiger partial charge in [-0.25, -0.2) is 8.78 Å². The highest BCUT2D eigenvalue weighted by Crippen LogP contribution is 2.38. The number of aryl methyl sites for hydroxylation is 1. The topological polar surface area (TPSA) is 58.6 Å². The molecule has 0 saturated carbocycles. The van der Waals surface area contributed by atoms with Gasteiger partial charge >= 0.3 is 0 Å². The molecular formula is C29H36F2N2O3. The van der Waals surface area contributed by atoms with E-state index >= 15 is 0 Å². The number of likely N-dealkylation sites (tertiary alicyclic amines) is 1. The minimum Gasteiger partial charge on any atom is -0.491 e. The van der Waals surface area contributed by atoms with E-state index in [-0.39, 0.29) is 17.5 Å². The van der Waals surface area contributed by atoms with Crippen LogP contribution in [0.2, 0.25) is 0 Å². The van der Waals surface area contributed by atoms with Crippen molar-refractivity contribution >= 4 is 11.8 Å². The van der Waals surface area contributed by atoms with Gasteiger partial charge in [-0.15, -0.1) is 0 Å². The summed E-state index contributed by atoms with van der Waals surface area (Å²) in [7, 11) is 0. The van der Waals surface area contributed by atoms with E-state index in [1.54, 1.807) is 4.90 Å². The first-order valence-corrected chi connectivity index (χ1v) is 13.0. The van der Waals surface area contributed by atoms with Gasteiger partial charge in [0.25, 0.3) is 5.91 Å². The Kier molecular flexibility index (Phi) is 8.27. The lowest BCUT2D eigenvalue weighted by Crippen LogP contribution is -2.53. The molecule has 0 aliphatic carbocycles. The predicted octanol–water partition coefficient (Wildman–Crippen LogP) is 5.52. The van der Waals surface area contributed by atoms with Crippen molar-refractivity contribution in [3.8, 4) is 5.75 Å². The van der Waals surface area contributed by atoms with Gasteiger partial charge in [0.05, 0.1) is 11.5 Å². The van der Waals surface area contributed by atoms with Crippen molar-refractivity contribution in [1.82, 2.24) is 10.2 Å². The molecular weight excluding hydrogens is 462 g/mol. The first-order chi connectivity index (χ1) is 17.3. The molecule has 1 atom stereocenters. The Hall–Kier alpha value is -2.96. The van der Waals surface area contributed by atoms with E-state index in [2.05, 4.69) is 25.2 Å². The van der Waals surface area contributed by atoms with Crippen molar-refractivity contribution in [3.05, 3.63) is 65.2 Å². The second-order valence-corrected chi connectivity index (χ2v) is 10.7. The fourth-order valence-corrected chi connectivity index (χ4v) is 5.48. The standard InChI is InChI=1S/C29H36F2N2O3/c1-20(2)15-25-19-36-26-9-4-3-7-21(26)8-5-6-10-29(28(35)32-25)11-13-33(14-12-29)27(34)22-16-23(30)18-24(31)17-22/h3-4,7,9,16-18,20,25H,5-6,8,10-15,19H2,1-2H3,(H,32,35)/t25-/m0/s1. The molecule has 0 radical (unpaired) electrons. The maximum Gasteiger partial charge on any atom is 0.254 e. The average molecular weight is 499 g/mol. The molecule has 1 fully saturated rings. The minimum atomic E-state index is -0.773. The molecule has 2 aliphatic rings. The lowest BCUT2D eigenvalue weighted by atomic mass is 9.73. The van der Waals surface area contributed by atoms with Crippen molar-refractivity contribution < 1.29 is 23.1 Å². The largest absolute Gasteiger partial charge is 0.491 e. The van der Waals surface area contributed by atoms with Gasteiger partial charge in [-0.1, -0.05) is 38.5 Å². The number of halogens is 2. The van der Waals surface area contributed by atoms with E-state index in [0.29, 0.717) is 38.5 Å². The summed E-state index contributed by atoms with van der Waals surface area (Å²) in [6, 6.07) is 10.9. The molecule has 2 aromatic rings. The normalized spacial score (nSPS) is 20.6. The molecule has 2 aliphatic heterocycles. The van der Waals surface area contributed by atoms with E-state index in [9.17, 15) is 18.4 Å². The SMILES string of the molecule is CC(C)C[C@H]1COc2ccccc2CCCCC2(CCN(C(=O)c3cc(F)cc(F)c3)CC2)C(=O)N1. The summed E-state index contributed by atoms with van der Waals surface area (Å²) >= 11 is 0. The maximum atomic E-state index is 13.7. The predicted molar refractivity (Wildman–Crippen MR) is 135 cm³/mol. The second-order valence-electron chi connectivity index (χ2n) is 10.7. The number of benzene rings is 2. The summed E-state index contributed by atoms with van der Waals surface area (Å²) in [5.41, 5.74) is 0.613. The zero-order chi connectivity index (χ0) is 25.7. The molecule has 0 aromatic heterocycles. The van der Waals surface area contributed by atoms with Gasteiger partial charge in [-0.3, -0.25) is 9.59 Å². The molecule has 0 unspecified atom stereocenters. The number of fused-ring (bicyclic) bond motifs is 1. The average Bonchev–Trinajstić information content (AvgIpc) is 2.84. The fourth-order valence-electron chi connectivity index (χ4n) is 5.48. The Labute approximate surface area is 212 Å². The van der Waals surface area contributed by atoms with E-state index < -0.39 is 23.0 Å². The molecule has 7 heteroatoms. The Bertz CT molecular complexity index is 1060. The molecule has 4 rings (SSSR count). The fraction of sp³-hybridized carbons (Fsp3) is 0.517. The van der Waals surface area contributed by atoms with Crippen LogP contribution in [-0.2, 0) is 11.2 Å². The quantitative estimate of drug-likeness (QED) is 0.606. The van der Waals surface area contributed by atoms with Gasteiger partial charge in [0.15, 0.2) is 0 Å². The van der Waals surface area contributed by atoms with E-state index in [1.165, 1.54) is 5.56 Å². The third kappa shape index (κ3) is 6.23. The first-order valence-electron chi connectivity index (χ1n) is 13.0. The number of nitrogens with one attached hydrogen (secondary N) is 1. The van der Waals surface area contributed by atoms with Crippen LogP contribution in [0.1, 0.15) is 68.3 Å². The Balaban J connectivity index is 1.50. The van der Waals surface area contributed by atoms with Crippen molar-refractivity contribution in [3.63, 3.8) is 0 Å². The zero-order valence-electron chi connectivity index (χ0n) is 21.2. The first kappa shape index (κ1) is 26.1. The summed E-state index contributed by atoms with van der Waals surface area (Å²) in [6.45, 7) is 5.42. The van der Waals surface area contributed by atoms with Crippen LogP contribution in [0, 0.1) is 23.0 Å². The number of ether oxygens (including phenoxy) is 1. The van der Waals surface area contributed by atoms with Crippen LogP contribution in [-0.4, -0.2) is 42.5 Å². The van der Waals surface area contributed by atoms with Crippen molar-refractivity contribution in [2.75, 3.05) is 19.7 Å². The molecule has 36 heavy (non-hydrogen) atoms. The molecule has 1 N–H and O–H groups in total. The highest BCUT2D eigenvalue weighted by atomic mass is 19.1. The number of carbonyl (C=O) groups excluding carboxylic acids is 2. The Morgan fingerprint density at radius 3 is 2.47 bits per heavy atom. The van der Waals surface area contributed by atoms with Crippen LogP contribution in [0.25, 0.3) is 0 Å². The Morgan fingerprint density at radius 1 is 1.08 bits per heavy atom. The maximum absolute atomic E-state index is 13.7. The van der Waals surface area contributed by atoms with Gasteiger partial charge in [-0.2, -0.15) is 0 Å². The van der Waals surface area contributed by atoms with Crippen molar-refractivity contribution in [2.24, 2.45) is 11.3 Å². The molecule has 1 saturated heterocycles. The summed E-state index contributed by atoms with van der Waals surface area (Å²) in [5, 5.41) is 3.28. The third-order valence-corrected chi connectivity index (χ3v) is 7.45. The molecule has 2 amide bonds. The van der Waals surface area contributed by atoms with Crippen LogP contribution >= 0.6 is 0 Å². The summed E-state index contributed by atoms with van der Waals surface area (Å²) in [5.74, 6) is -0.648. The van der Waals surface area contributed by atoms with Crippen LogP contribution in [0.5, 0.6) is 5.75 Å². The molecule has 194 valence electrons. The molecule has 2 aromatic carbocycles.